The summed E-state index contributed by atoms with van der Waals surface area (Å²) in [4.78, 5) is 0. The molecular formula is C25H50O3. The van der Waals surface area contributed by atoms with E-state index in [-0.39, 0.29) is 13.2 Å². The first-order valence-corrected chi connectivity index (χ1v) is 11.9. The van der Waals surface area contributed by atoms with Gasteiger partial charge in [0.05, 0.1) is 13.2 Å². The molecule has 0 amide bonds. The van der Waals surface area contributed by atoms with Gasteiger partial charge < -0.3 is 14.9 Å². The first-order valence-electron chi connectivity index (χ1n) is 11.9. The lowest BCUT2D eigenvalue weighted by atomic mass is 9.91. The summed E-state index contributed by atoms with van der Waals surface area (Å²) in [7, 11) is 0. The van der Waals surface area contributed by atoms with E-state index < -0.39 is 6.10 Å². The van der Waals surface area contributed by atoms with Crippen LogP contribution in [-0.4, -0.2) is 36.1 Å². The first kappa shape index (κ1) is 27.6. The smallest absolute Gasteiger partial charge is 0.100 e. The third-order valence-electron chi connectivity index (χ3n) is 5.65. The summed E-state index contributed by atoms with van der Waals surface area (Å²) in [5.41, 5.74) is 1.49. The number of allylic oxidation sites excluding steroid dienone is 2. The van der Waals surface area contributed by atoms with Crippen molar-refractivity contribution in [1.29, 1.82) is 0 Å². The fourth-order valence-corrected chi connectivity index (χ4v) is 3.62. The number of hydrogen-bond acceptors (Lipinski definition) is 3. The molecule has 0 aliphatic rings. The van der Waals surface area contributed by atoms with Gasteiger partial charge in [0.1, 0.15) is 6.10 Å². The van der Waals surface area contributed by atoms with Crippen LogP contribution in [0.2, 0.25) is 0 Å². The Balaban J connectivity index is 3.59. The predicted molar refractivity (Wildman–Crippen MR) is 122 cm³/mol. The van der Waals surface area contributed by atoms with E-state index in [0.29, 0.717) is 6.61 Å². The van der Waals surface area contributed by atoms with Gasteiger partial charge in [0.2, 0.25) is 0 Å². The second kappa shape index (κ2) is 18.6. The highest BCUT2D eigenvalue weighted by atomic mass is 16.5. The Morgan fingerprint density at radius 3 is 2.00 bits per heavy atom. The maximum atomic E-state index is 9.19. The molecule has 0 saturated heterocycles. The van der Waals surface area contributed by atoms with Crippen molar-refractivity contribution in [1.82, 2.24) is 0 Å². The van der Waals surface area contributed by atoms with Gasteiger partial charge in [-0.15, -0.1) is 0 Å². The minimum atomic E-state index is -0.743. The fraction of sp³-hybridized carbons (Fsp3) is 0.920. The average Bonchev–Trinajstić information content (AvgIpc) is 2.63. The zero-order valence-electron chi connectivity index (χ0n) is 19.6. The lowest BCUT2D eigenvalue weighted by Crippen LogP contribution is -2.19. The van der Waals surface area contributed by atoms with Gasteiger partial charge >= 0.3 is 0 Å². The standard InChI is InChI=1S/C25H50O3/c1-21(2)11-8-13-23(4)15-10-17-24(5)16-9-14-22(3)12-6-7-18-28-20-25(27)19-26/h12,21,23-27H,6-11,13-20H2,1-5H3/b22-12+. The molecule has 0 aromatic carbocycles. The van der Waals surface area contributed by atoms with Crippen LogP contribution in [-0.2, 0) is 4.74 Å². The number of aliphatic hydroxyl groups excluding tert-OH is 2. The molecule has 0 heterocycles. The van der Waals surface area contributed by atoms with Crippen molar-refractivity contribution in [2.45, 2.75) is 111 Å². The number of unbranched alkanes of at least 4 members (excludes halogenated alkanes) is 1. The topological polar surface area (TPSA) is 49.7 Å². The van der Waals surface area contributed by atoms with Gasteiger partial charge in [0.25, 0.3) is 0 Å². The molecule has 0 saturated carbocycles. The van der Waals surface area contributed by atoms with Crippen molar-refractivity contribution in [2.75, 3.05) is 19.8 Å². The molecular weight excluding hydrogens is 348 g/mol. The molecule has 0 aromatic rings. The molecule has 3 nitrogen and oxygen atoms in total. The SMILES string of the molecule is C/C(=C\CCCOCC(O)CO)CCCC(C)CCCC(C)CCCC(C)C. The summed E-state index contributed by atoms with van der Waals surface area (Å²) in [6, 6.07) is 0. The Morgan fingerprint density at radius 2 is 1.43 bits per heavy atom. The van der Waals surface area contributed by atoms with Crippen LogP contribution in [0.3, 0.4) is 0 Å². The monoisotopic (exact) mass is 398 g/mol. The summed E-state index contributed by atoms with van der Waals surface area (Å²) in [5, 5.41) is 17.9. The Hall–Kier alpha value is -0.380. The minimum absolute atomic E-state index is 0.227. The normalized spacial score (nSPS) is 15.8. The zero-order valence-corrected chi connectivity index (χ0v) is 19.6. The zero-order chi connectivity index (χ0) is 21.2. The second-order valence-electron chi connectivity index (χ2n) is 9.46. The highest BCUT2D eigenvalue weighted by Crippen LogP contribution is 2.22. The molecule has 0 spiro atoms. The van der Waals surface area contributed by atoms with E-state index in [4.69, 9.17) is 9.84 Å². The second-order valence-corrected chi connectivity index (χ2v) is 9.46. The molecule has 0 rings (SSSR count). The molecule has 168 valence electrons. The van der Waals surface area contributed by atoms with E-state index in [0.717, 1.165) is 30.6 Å². The number of aliphatic hydroxyl groups is 2. The van der Waals surface area contributed by atoms with Crippen LogP contribution in [0.5, 0.6) is 0 Å². The van der Waals surface area contributed by atoms with E-state index in [1.54, 1.807) is 0 Å². The highest BCUT2D eigenvalue weighted by molar-refractivity contribution is 4.97. The summed E-state index contributed by atoms with van der Waals surface area (Å²) in [5.74, 6) is 2.60. The molecule has 3 atom stereocenters. The highest BCUT2D eigenvalue weighted by Gasteiger charge is 2.06. The van der Waals surface area contributed by atoms with Crippen LogP contribution in [0.25, 0.3) is 0 Å². The van der Waals surface area contributed by atoms with Gasteiger partial charge in [-0.1, -0.05) is 84.3 Å². The Labute approximate surface area is 176 Å². The van der Waals surface area contributed by atoms with Crippen LogP contribution in [0.4, 0.5) is 0 Å². The summed E-state index contributed by atoms with van der Waals surface area (Å²) < 4.78 is 5.33. The lowest BCUT2D eigenvalue weighted by Gasteiger charge is -2.15. The minimum Gasteiger partial charge on any atom is -0.394 e. The van der Waals surface area contributed by atoms with Crippen molar-refractivity contribution in [3.8, 4) is 0 Å². The third kappa shape index (κ3) is 19.0. The van der Waals surface area contributed by atoms with Crippen molar-refractivity contribution >= 4 is 0 Å². The van der Waals surface area contributed by atoms with E-state index in [2.05, 4.69) is 40.7 Å². The van der Waals surface area contributed by atoms with E-state index in [1.807, 2.05) is 0 Å². The molecule has 0 radical (unpaired) electrons. The Kier molecular flexibility index (Phi) is 18.4. The number of rotatable bonds is 19. The molecule has 0 aliphatic heterocycles. The van der Waals surface area contributed by atoms with Crippen LogP contribution < -0.4 is 0 Å². The van der Waals surface area contributed by atoms with Crippen molar-refractivity contribution in [3.05, 3.63) is 11.6 Å². The van der Waals surface area contributed by atoms with Crippen LogP contribution in [0, 0.1) is 17.8 Å². The van der Waals surface area contributed by atoms with Gasteiger partial charge in [-0.05, 0) is 50.4 Å². The van der Waals surface area contributed by atoms with E-state index >= 15 is 0 Å². The Morgan fingerprint density at radius 1 is 0.857 bits per heavy atom. The maximum absolute atomic E-state index is 9.19. The first-order chi connectivity index (χ1) is 13.3. The number of hydrogen-bond donors (Lipinski definition) is 2. The largest absolute Gasteiger partial charge is 0.394 e. The maximum Gasteiger partial charge on any atom is 0.100 e. The van der Waals surface area contributed by atoms with Crippen LogP contribution in [0.1, 0.15) is 105 Å². The van der Waals surface area contributed by atoms with Gasteiger partial charge in [0, 0.05) is 6.61 Å². The van der Waals surface area contributed by atoms with Gasteiger partial charge in [-0.25, -0.2) is 0 Å². The Bertz CT molecular complexity index is 365. The van der Waals surface area contributed by atoms with Crippen molar-refractivity contribution in [2.24, 2.45) is 17.8 Å². The molecule has 3 unspecified atom stereocenters. The average molecular weight is 399 g/mol. The lowest BCUT2D eigenvalue weighted by molar-refractivity contribution is 0.00585. The van der Waals surface area contributed by atoms with Gasteiger partial charge in [0.15, 0.2) is 0 Å². The van der Waals surface area contributed by atoms with Crippen molar-refractivity contribution in [3.63, 3.8) is 0 Å². The van der Waals surface area contributed by atoms with Crippen LogP contribution in [0.15, 0.2) is 11.6 Å². The quantitative estimate of drug-likeness (QED) is 0.192. The van der Waals surface area contributed by atoms with Crippen LogP contribution >= 0.6 is 0 Å². The fourth-order valence-electron chi connectivity index (χ4n) is 3.62. The number of ether oxygens (including phenoxy) is 1. The summed E-state index contributed by atoms with van der Waals surface area (Å²) in [6.45, 7) is 12.4. The molecule has 2 N–H and O–H groups in total. The molecule has 0 aromatic heterocycles. The van der Waals surface area contributed by atoms with Crippen molar-refractivity contribution < 1.29 is 14.9 Å². The molecule has 0 aliphatic carbocycles. The van der Waals surface area contributed by atoms with Gasteiger partial charge in [-0.3, -0.25) is 0 Å². The van der Waals surface area contributed by atoms with E-state index in [9.17, 15) is 5.11 Å². The molecule has 0 fully saturated rings. The van der Waals surface area contributed by atoms with E-state index in [1.165, 1.54) is 63.4 Å². The molecule has 0 bridgehead atoms. The summed E-state index contributed by atoms with van der Waals surface area (Å²) in [6.07, 6.45) is 15.8. The third-order valence-corrected chi connectivity index (χ3v) is 5.65. The molecule has 28 heavy (non-hydrogen) atoms. The predicted octanol–water partition coefficient (Wildman–Crippen LogP) is 6.52. The molecule has 3 heteroatoms. The van der Waals surface area contributed by atoms with Gasteiger partial charge in [-0.2, -0.15) is 0 Å². The summed E-state index contributed by atoms with van der Waals surface area (Å²) >= 11 is 0.